The number of hydrogen-bond donors (Lipinski definition) is 3. The van der Waals surface area contributed by atoms with E-state index in [0.717, 1.165) is 41.8 Å². The number of aryl methyl sites for hydroxylation is 1. The van der Waals surface area contributed by atoms with Crippen LogP contribution in [0.2, 0.25) is 0 Å². The lowest BCUT2D eigenvalue weighted by molar-refractivity contribution is -0.118. The van der Waals surface area contributed by atoms with Crippen LogP contribution in [0.15, 0.2) is 119 Å². The van der Waals surface area contributed by atoms with E-state index in [0.29, 0.717) is 29.0 Å². The van der Waals surface area contributed by atoms with Crippen LogP contribution in [0.25, 0.3) is 11.5 Å². The fourth-order valence-electron chi connectivity index (χ4n) is 5.86. The van der Waals surface area contributed by atoms with Crippen molar-refractivity contribution in [1.29, 1.82) is 0 Å². The van der Waals surface area contributed by atoms with Crippen LogP contribution in [0.1, 0.15) is 29.0 Å². The predicted octanol–water partition coefficient (Wildman–Crippen LogP) is 5.71. The van der Waals surface area contributed by atoms with Gasteiger partial charge < -0.3 is 29.8 Å². The molecule has 1 fully saturated rings. The van der Waals surface area contributed by atoms with Crippen LogP contribution in [-0.4, -0.2) is 71.4 Å². The molecule has 0 spiro atoms. The van der Waals surface area contributed by atoms with Gasteiger partial charge >= 0.3 is 6.09 Å². The molecule has 49 heavy (non-hydrogen) atoms. The number of hydrogen-bond acceptors (Lipinski definition) is 10. The first kappa shape index (κ1) is 33.8. The first-order chi connectivity index (χ1) is 24.1. The van der Waals surface area contributed by atoms with Crippen LogP contribution in [0.3, 0.4) is 0 Å². The lowest BCUT2D eigenvalue weighted by Crippen LogP contribution is -2.48. The first-order valence-corrected chi connectivity index (χ1v) is 17.1. The van der Waals surface area contributed by atoms with Crippen molar-refractivity contribution in [3.8, 4) is 11.5 Å². The van der Waals surface area contributed by atoms with E-state index in [1.807, 2.05) is 97.1 Å². The second kappa shape index (κ2) is 16.9. The highest BCUT2D eigenvalue weighted by Crippen LogP contribution is 2.30. The number of amides is 2. The molecular formula is C37H38N6O5S. The molecule has 0 bridgehead atoms. The first-order valence-electron chi connectivity index (χ1n) is 16.1. The minimum absolute atomic E-state index is 0.0209. The van der Waals surface area contributed by atoms with E-state index < -0.39 is 18.1 Å². The molecule has 1 unspecified atom stereocenters. The number of methoxy groups -OCH3 is 1. The summed E-state index contributed by atoms with van der Waals surface area (Å²) in [5.74, 6) is 0.308. The Bertz CT molecular complexity index is 1750. The van der Waals surface area contributed by atoms with Crippen LogP contribution in [0.5, 0.6) is 0 Å². The van der Waals surface area contributed by atoms with Crippen molar-refractivity contribution in [1.82, 2.24) is 25.8 Å². The van der Waals surface area contributed by atoms with Gasteiger partial charge in [-0.3, -0.25) is 9.78 Å². The quantitative estimate of drug-likeness (QED) is 0.133. The number of thioether (sulfide) groups is 1. The number of benzene rings is 3. The molecular weight excluding hydrogens is 641 g/mol. The van der Waals surface area contributed by atoms with Crippen molar-refractivity contribution in [2.24, 2.45) is 0 Å². The summed E-state index contributed by atoms with van der Waals surface area (Å²) in [6.07, 6.45) is 4.06. The number of aromatic nitrogens is 3. The van der Waals surface area contributed by atoms with Gasteiger partial charge in [0, 0.05) is 48.4 Å². The average Bonchev–Trinajstić information content (AvgIpc) is 3.64. The highest BCUT2D eigenvalue weighted by Gasteiger charge is 2.33. The molecule has 252 valence electrons. The van der Waals surface area contributed by atoms with E-state index in [2.05, 4.69) is 31.1 Å². The third-order valence-corrected chi connectivity index (χ3v) is 9.21. The molecule has 5 aromatic rings. The number of carbonyl (C=O) groups is 2. The Morgan fingerprint density at radius 3 is 2.29 bits per heavy atom. The lowest BCUT2D eigenvalue weighted by atomic mass is 9.84. The zero-order valence-corrected chi connectivity index (χ0v) is 27.8. The minimum atomic E-state index is -0.950. The largest absolute Gasteiger partial charge is 0.453 e. The van der Waals surface area contributed by atoms with Gasteiger partial charge in [-0.05, 0) is 47.7 Å². The van der Waals surface area contributed by atoms with Gasteiger partial charge in [-0.15, -0.1) is 10.2 Å². The Kier molecular flexibility index (Phi) is 11.7. The maximum absolute atomic E-state index is 14.1. The van der Waals surface area contributed by atoms with Gasteiger partial charge in [0.1, 0.15) is 6.04 Å². The Morgan fingerprint density at radius 1 is 0.898 bits per heavy atom. The van der Waals surface area contributed by atoms with E-state index in [9.17, 15) is 9.59 Å². The summed E-state index contributed by atoms with van der Waals surface area (Å²) in [6.45, 7) is 1.45. The van der Waals surface area contributed by atoms with Gasteiger partial charge in [0.15, 0.2) is 0 Å². The SMILES string of the molecule is COC(=O)NC(C(=O)Nc1ccccc1CC[C@@H]1CNC[C@@H](CSc2nnc(-c3ccncc3)o2)O1)C(c1ccccc1)c1ccccc1. The highest BCUT2D eigenvalue weighted by molar-refractivity contribution is 7.99. The zero-order chi connectivity index (χ0) is 33.8. The van der Waals surface area contributed by atoms with Crippen molar-refractivity contribution in [3.63, 3.8) is 0 Å². The number of ether oxygens (including phenoxy) is 2. The normalized spacial score (nSPS) is 16.5. The van der Waals surface area contributed by atoms with Crippen LogP contribution < -0.4 is 16.0 Å². The molecule has 3 N–H and O–H groups in total. The maximum Gasteiger partial charge on any atom is 0.407 e. The van der Waals surface area contributed by atoms with Crippen molar-refractivity contribution < 1.29 is 23.5 Å². The number of nitrogens with one attached hydrogen (secondary N) is 3. The number of alkyl carbamates (subject to hydrolysis) is 1. The smallest absolute Gasteiger partial charge is 0.407 e. The molecule has 0 aliphatic carbocycles. The summed E-state index contributed by atoms with van der Waals surface area (Å²) in [5, 5.41) is 18.2. The average molecular weight is 679 g/mol. The monoisotopic (exact) mass is 678 g/mol. The molecule has 2 amide bonds. The molecule has 12 heteroatoms. The van der Waals surface area contributed by atoms with E-state index >= 15 is 0 Å². The van der Waals surface area contributed by atoms with Crippen molar-refractivity contribution in [2.45, 2.75) is 42.2 Å². The molecule has 1 aliphatic heterocycles. The van der Waals surface area contributed by atoms with Crippen LogP contribution in [0, 0.1) is 0 Å². The Balaban J connectivity index is 1.10. The molecule has 0 saturated carbocycles. The Hall–Kier alpha value is -5.04. The van der Waals surface area contributed by atoms with Gasteiger partial charge in [0.05, 0.1) is 19.3 Å². The second-order valence-electron chi connectivity index (χ2n) is 11.6. The fourth-order valence-corrected chi connectivity index (χ4v) is 6.62. The third kappa shape index (κ3) is 9.11. The van der Waals surface area contributed by atoms with E-state index in [1.165, 1.54) is 18.9 Å². The molecule has 1 aliphatic rings. The van der Waals surface area contributed by atoms with Crippen LogP contribution in [0.4, 0.5) is 10.5 Å². The number of pyridine rings is 1. The molecule has 11 nitrogen and oxygen atoms in total. The van der Waals surface area contributed by atoms with Gasteiger partial charge in [-0.25, -0.2) is 4.79 Å². The highest BCUT2D eigenvalue weighted by atomic mass is 32.2. The summed E-state index contributed by atoms with van der Waals surface area (Å²) in [5.41, 5.74) is 4.26. The minimum Gasteiger partial charge on any atom is -0.453 e. The van der Waals surface area contributed by atoms with Crippen LogP contribution >= 0.6 is 11.8 Å². The number of rotatable bonds is 13. The standard InChI is InChI=1S/C37H38N6O5S/c1-46-36(45)41-33(32(26-11-4-2-5-12-26)27-13-6-3-7-14-27)34(44)40-31-15-9-8-10-25(31)16-17-29-22-39-23-30(47-29)24-49-37-43-42-35(48-37)28-18-20-38-21-19-28/h2-15,18-21,29-30,32-33,39H,16-17,22-24H2,1H3,(H,40,44)(H,41,45)/t29-,30+,33?/m1/s1. The lowest BCUT2D eigenvalue weighted by Gasteiger charge is -2.31. The summed E-state index contributed by atoms with van der Waals surface area (Å²) in [7, 11) is 1.29. The van der Waals surface area contributed by atoms with Gasteiger partial charge in [-0.1, -0.05) is 90.6 Å². The Labute approximate surface area is 289 Å². The molecule has 6 rings (SSSR count). The summed E-state index contributed by atoms with van der Waals surface area (Å²) >= 11 is 1.47. The van der Waals surface area contributed by atoms with Gasteiger partial charge in [-0.2, -0.15) is 0 Å². The molecule has 3 aromatic carbocycles. The molecule has 3 atom stereocenters. The number of morpholine rings is 1. The number of nitrogens with zero attached hydrogens (tertiary/aromatic N) is 3. The van der Waals surface area contributed by atoms with Crippen molar-refractivity contribution >= 4 is 29.4 Å². The van der Waals surface area contributed by atoms with E-state index in [-0.39, 0.29) is 18.1 Å². The van der Waals surface area contributed by atoms with Crippen LogP contribution in [-0.2, 0) is 20.7 Å². The van der Waals surface area contributed by atoms with Gasteiger partial charge in [0.25, 0.3) is 5.22 Å². The van der Waals surface area contributed by atoms with E-state index in [4.69, 9.17) is 13.9 Å². The third-order valence-electron chi connectivity index (χ3n) is 8.26. The fraction of sp³-hybridized carbons (Fsp3) is 0.270. The maximum atomic E-state index is 14.1. The second-order valence-corrected chi connectivity index (χ2v) is 12.5. The Morgan fingerprint density at radius 2 is 1.57 bits per heavy atom. The molecule has 3 heterocycles. The zero-order valence-electron chi connectivity index (χ0n) is 27.0. The number of anilines is 1. The van der Waals surface area contributed by atoms with Gasteiger partial charge in [0.2, 0.25) is 11.8 Å². The predicted molar refractivity (Wildman–Crippen MR) is 187 cm³/mol. The van der Waals surface area contributed by atoms with Crippen molar-refractivity contribution in [3.05, 3.63) is 126 Å². The molecule has 2 aromatic heterocycles. The summed E-state index contributed by atoms with van der Waals surface area (Å²) in [4.78, 5) is 30.7. The summed E-state index contributed by atoms with van der Waals surface area (Å²) < 4.78 is 17.2. The number of para-hydroxylation sites is 1. The number of carbonyl (C=O) groups excluding carboxylic acids is 2. The molecule has 0 radical (unpaired) electrons. The summed E-state index contributed by atoms with van der Waals surface area (Å²) in [6, 6.07) is 29.8. The topological polar surface area (TPSA) is 140 Å². The molecule has 1 saturated heterocycles. The van der Waals surface area contributed by atoms with Crippen molar-refractivity contribution in [2.75, 3.05) is 31.3 Å². The van der Waals surface area contributed by atoms with E-state index in [1.54, 1.807) is 12.4 Å².